The molecule has 0 rings (SSSR count). The van der Waals surface area contributed by atoms with Crippen molar-refractivity contribution in [3.63, 3.8) is 0 Å². The summed E-state index contributed by atoms with van der Waals surface area (Å²) in [6, 6.07) is 0. The summed E-state index contributed by atoms with van der Waals surface area (Å²) in [7, 11) is 0. The van der Waals surface area contributed by atoms with Gasteiger partial charge in [-0.25, -0.2) is 0 Å². The average molecular weight is 276 g/mol. The first-order chi connectivity index (χ1) is 9.77. The molecule has 0 aliphatic heterocycles. The lowest BCUT2D eigenvalue weighted by Crippen LogP contribution is -1.92. The van der Waals surface area contributed by atoms with E-state index in [0.717, 1.165) is 19.3 Å². The Hall–Kier alpha value is -1.41. The molecule has 0 aliphatic carbocycles. The van der Waals surface area contributed by atoms with E-state index in [4.69, 9.17) is 5.11 Å². The van der Waals surface area contributed by atoms with Crippen LogP contribution in [0.1, 0.15) is 84.0 Å². The molecule has 0 aromatic carbocycles. The minimum atomic E-state index is -0.724. The van der Waals surface area contributed by atoms with Crippen molar-refractivity contribution >= 4 is 5.97 Å². The molecule has 0 saturated carbocycles. The molecule has 0 heterocycles. The first-order valence-corrected chi connectivity index (χ1v) is 7.90. The molecule has 0 atom stereocenters. The number of rotatable bonds is 10. The fraction of sp³-hybridized carbons (Fsp3) is 0.722. The van der Waals surface area contributed by atoms with E-state index >= 15 is 0 Å². The minimum absolute atomic E-state index is 0.250. The number of carboxylic acids is 1. The second-order valence-corrected chi connectivity index (χ2v) is 5.00. The van der Waals surface area contributed by atoms with E-state index < -0.39 is 5.97 Å². The molecule has 2 nitrogen and oxygen atoms in total. The zero-order valence-corrected chi connectivity index (χ0v) is 12.8. The van der Waals surface area contributed by atoms with Gasteiger partial charge in [-0.3, -0.25) is 4.79 Å². The monoisotopic (exact) mass is 276 g/mol. The normalized spacial score (nSPS) is 9.25. The van der Waals surface area contributed by atoms with Crippen LogP contribution in [-0.4, -0.2) is 11.1 Å². The molecule has 0 radical (unpaired) electrons. The van der Waals surface area contributed by atoms with Crippen molar-refractivity contribution in [3.8, 4) is 23.7 Å². The Balaban J connectivity index is 3.30. The summed E-state index contributed by atoms with van der Waals surface area (Å²) in [6.07, 6.45) is 12.1. The predicted molar refractivity (Wildman–Crippen MR) is 84.3 cm³/mol. The van der Waals surface area contributed by atoms with Crippen molar-refractivity contribution in [3.05, 3.63) is 0 Å². The summed E-state index contributed by atoms with van der Waals surface area (Å²) >= 11 is 0. The molecule has 0 aromatic heterocycles. The molecule has 2 heteroatoms. The van der Waals surface area contributed by atoms with Crippen molar-refractivity contribution in [1.29, 1.82) is 0 Å². The van der Waals surface area contributed by atoms with Gasteiger partial charge in [-0.05, 0) is 19.3 Å². The second-order valence-electron chi connectivity index (χ2n) is 5.00. The Labute approximate surface area is 124 Å². The molecular formula is C18H28O2. The molecule has 112 valence electrons. The first kappa shape index (κ1) is 18.6. The van der Waals surface area contributed by atoms with E-state index in [-0.39, 0.29) is 6.42 Å². The molecule has 0 fully saturated rings. The van der Waals surface area contributed by atoms with Crippen molar-refractivity contribution in [2.45, 2.75) is 84.0 Å². The van der Waals surface area contributed by atoms with Crippen molar-refractivity contribution < 1.29 is 9.90 Å². The predicted octanol–water partition coefficient (Wildman–Crippen LogP) is 4.78. The highest BCUT2D eigenvalue weighted by Crippen LogP contribution is 2.06. The van der Waals surface area contributed by atoms with Crippen LogP contribution in [0.4, 0.5) is 0 Å². The van der Waals surface area contributed by atoms with Crippen molar-refractivity contribution in [1.82, 2.24) is 0 Å². The number of hydrogen-bond donors (Lipinski definition) is 1. The third-order valence-corrected chi connectivity index (χ3v) is 3.02. The lowest BCUT2D eigenvalue weighted by atomic mass is 10.1. The van der Waals surface area contributed by atoms with E-state index in [0.29, 0.717) is 12.8 Å². The van der Waals surface area contributed by atoms with Gasteiger partial charge < -0.3 is 5.11 Å². The molecule has 0 bridgehead atoms. The number of hydrogen-bond acceptors (Lipinski definition) is 1. The number of carboxylic acid groups (broad SMARTS) is 1. The Morgan fingerprint density at radius 3 is 1.95 bits per heavy atom. The van der Waals surface area contributed by atoms with Crippen LogP contribution >= 0.6 is 0 Å². The summed E-state index contributed by atoms with van der Waals surface area (Å²) in [5.74, 6) is 11.6. The van der Waals surface area contributed by atoms with Gasteiger partial charge in [-0.2, -0.15) is 0 Å². The van der Waals surface area contributed by atoms with Crippen molar-refractivity contribution in [2.24, 2.45) is 0 Å². The molecule has 0 aliphatic rings. The van der Waals surface area contributed by atoms with Gasteiger partial charge in [0.2, 0.25) is 0 Å². The average Bonchev–Trinajstić information content (AvgIpc) is 2.43. The fourth-order valence-corrected chi connectivity index (χ4v) is 1.83. The Bertz CT molecular complexity index is 349. The van der Waals surface area contributed by atoms with Gasteiger partial charge in [0.15, 0.2) is 0 Å². The van der Waals surface area contributed by atoms with E-state index in [2.05, 4.69) is 30.6 Å². The summed E-state index contributed by atoms with van der Waals surface area (Å²) < 4.78 is 0. The highest BCUT2D eigenvalue weighted by molar-refractivity contribution is 5.66. The zero-order valence-electron chi connectivity index (χ0n) is 12.8. The van der Waals surface area contributed by atoms with Crippen LogP contribution in [0, 0.1) is 23.7 Å². The number of aliphatic carboxylic acids is 1. The molecular weight excluding hydrogens is 248 g/mol. The lowest BCUT2D eigenvalue weighted by molar-refractivity contribution is -0.137. The minimum Gasteiger partial charge on any atom is -0.481 e. The Kier molecular flexibility index (Phi) is 14.5. The van der Waals surface area contributed by atoms with Gasteiger partial charge >= 0.3 is 5.97 Å². The third-order valence-electron chi connectivity index (χ3n) is 3.02. The van der Waals surface area contributed by atoms with E-state index in [1.807, 2.05) is 0 Å². The second kappa shape index (κ2) is 15.6. The maximum absolute atomic E-state index is 10.3. The topological polar surface area (TPSA) is 37.3 Å². The smallest absolute Gasteiger partial charge is 0.303 e. The molecule has 0 saturated heterocycles. The fourth-order valence-electron chi connectivity index (χ4n) is 1.83. The van der Waals surface area contributed by atoms with E-state index in [9.17, 15) is 4.79 Å². The summed E-state index contributed by atoms with van der Waals surface area (Å²) in [5, 5.41) is 8.46. The van der Waals surface area contributed by atoms with Gasteiger partial charge in [0.1, 0.15) is 0 Å². The van der Waals surface area contributed by atoms with Crippen LogP contribution in [0.5, 0.6) is 0 Å². The molecule has 1 N–H and O–H groups in total. The van der Waals surface area contributed by atoms with Crippen LogP contribution in [0.3, 0.4) is 0 Å². The zero-order chi connectivity index (χ0) is 14.9. The first-order valence-electron chi connectivity index (χ1n) is 7.90. The summed E-state index contributed by atoms with van der Waals surface area (Å²) in [4.78, 5) is 10.3. The highest BCUT2D eigenvalue weighted by atomic mass is 16.4. The third kappa shape index (κ3) is 16.6. The van der Waals surface area contributed by atoms with Gasteiger partial charge in [-0.15, -0.1) is 11.8 Å². The summed E-state index contributed by atoms with van der Waals surface area (Å²) in [5.41, 5.74) is 0. The van der Waals surface area contributed by atoms with Gasteiger partial charge in [0, 0.05) is 19.3 Å². The number of unbranched alkanes of at least 4 members (excludes halogenated alkanes) is 8. The molecule has 0 spiro atoms. The maximum Gasteiger partial charge on any atom is 0.303 e. The number of carbonyl (C=O) groups is 1. The summed E-state index contributed by atoms with van der Waals surface area (Å²) in [6.45, 7) is 2.23. The van der Waals surface area contributed by atoms with Crippen LogP contribution < -0.4 is 0 Å². The lowest BCUT2D eigenvalue weighted by Gasteiger charge is -1.96. The largest absolute Gasteiger partial charge is 0.481 e. The molecule has 0 amide bonds. The van der Waals surface area contributed by atoms with Gasteiger partial charge in [0.25, 0.3) is 0 Å². The maximum atomic E-state index is 10.3. The SMILES string of the molecule is CCCCCCCCC#CCC#CCCCCC(=O)O. The van der Waals surface area contributed by atoms with Crippen LogP contribution in [-0.2, 0) is 4.79 Å². The quantitative estimate of drug-likeness (QED) is 0.460. The molecule has 0 aromatic rings. The van der Waals surface area contributed by atoms with Gasteiger partial charge in [0.05, 0.1) is 6.42 Å². The van der Waals surface area contributed by atoms with E-state index in [1.165, 1.54) is 38.5 Å². The Morgan fingerprint density at radius 1 is 0.800 bits per heavy atom. The van der Waals surface area contributed by atoms with Crippen LogP contribution in [0.15, 0.2) is 0 Å². The van der Waals surface area contributed by atoms with E-state index in [1.54, 1.807) is 0 Å². The van der Waals surface area contributed by atoms with Crippen LogP contribution in [0.2, 0.25) is 0 Å². The highest BCUT2D eigenvalue weighted by Gasteiger charge is 1.93. The van der Waals surface area contributed by atoms with Crippen molar-refractivity contribution in [2.75, 3.05) is 0 Å². The van der Waals surface area contributed by atoms with Crippen LogP contribution in [0.25, 0.3) is 0 Å². The standard InChI is InChI=1S/C18H28O2/c1-2-3-4-5-6-7-8-9-10-11-12-13-14-15-16-17-18(19)20/h2-8,11,14-17H2,1H3,(H,19,20). The Morgan fingerprint density at radius 2 is 1.35 bits per heavy atom. The molecule has 20 heavy (non-hydrogen) atoms. The molecule has 0 unspecified atom stereocenters. The van der Waals surface area contributed by atoms with Gasteiger partial charge in [-0.1, -0.05) is 50.9 Å².